The van der Waals surface area contributed by atoms with E-state index >= 15 is 0 Å². The van der Waals surface area contributed by atoms with Gasteiger partial charge in [-0.05, 0) is 44.1 Å². The highest BCUT2D eigenvalue weighted by Crippen LogP contribution is 2.32. The van der Waals surface area contributed by atoms with Crippen LogP contribution in [-0.4, -0.2) is 24.0 Å². The first-order chi connectivity index (χ1) is 9.49. The van der Waals surface area contributed by atoms with Crippen LogP contribution in [-0.2, 0) is 5.54 Å². The average Bonchev–Trinajstić information content (AvgIpc) is 2.46. The van der Waals surface area contributed by atoms with Crippen molar-refractivity contribution < 1.29 is 0 Å². The van der Waals surface area contributed by atoms with E-state index < -0.39 is 0 Å². The second-order valence-electron chi connectivity index (χ2n) is 5.55. The number of nitrogens with zero attached hydrogens (tertiary/aromatic N) is 1. The lowest BCUT2D eigenvalue weighted by Crippen LogP contribution is -2.54. The third kappa shape index (κ3) is 3.97. The van der Waals surface area contributed by atoms with E-state index in [1.165, 1.54) is 5.56 Å². The maximum atomic E-state index is 6.87. The van der Waals surface area contributed by atoms with Crippen LogP contribution < -0.4 is 5.73 Å². The lowest BCUT2D eigenvalue weighted by molar-refractivity contribution is 0.134. The Bertz CT molecular complexity index is 386. The molecule has 0 aliphatic rings. The number of halogens is 1. The maximum Gasteiger partial charge on any atom is 0.0564 e. The molecule has 0 amide bonds. The largest absolute Gasteiger partial charge is 0.320 e. The Morgan fingerprint density at radius 2 is 1.70 bits per heavy atom. The summed E-state index contributed by atoms with van der Waals surface area (Å²) in [6.07, 6.45) is 3.31. The van der Waals surface area contributed by atoms with Gasteiger partial charge in [-0.1, -0.05) is 57.3 Å². The predicted molar refractivity (Wildman–Crippen MR) is 89.2 cm³/mol. The van der Waals surface area contributed by atoms with Crippen molar-refractivity contribution >= 4 is 11.6 Å². The fraction of sp³-hybridized carbons (Fsp3) is 0.647. The Balaban J connectivity index is 3.10. The molecule has 0 radical (unpaired) electrons. The molecule has 0 bridgehead atoms. The molecule has 2 atom stereocenters. The first-order valence-corrected chi connectivity index (χ1v) is 8.16. The number of unbranched alkanes of at least 4 members (excludes halogenated alkanes) is 1. The summed E-state index contributed by atoms with van der Waals surface area (Å²) in [5.41, 5.74) is 7.74. The van der Waals surface area contributed by atoms with Gasteiger partial charge in [0.15, 0.2) is 0 Å². The van der Waals surface area contributed by atoms with E-state index in [1.807, 2.05) is 12.1 Å². The molecule has 2 unspecified atom stereocenters. The normalized spacial score (nSPS) is 16.1. The molecular weight excluding hydrogens is 268 g/mol. The van der Waals surface area contributed by atoms with E-state index in [-0.39, 0.29) is 5.54 Å². The van der Waals surface area contributed by atoms with Crippen molar-refractivity contribution in [3.8, 4) is 0 Å². The fourth-order valence-electron chi connectivity index (χ4n) is 2.92. The first kappa shape index (κ1) is 17.5. The predicted octanol–water partition coefficient (Wildman–Crippen LogP) is 4.41. The Labute approximate surface area is 129 Å². The molecular formula is C17H29ClN2. The minimum atomic E-state index is -0.313. The highest BCUT2D eigenvalue weighted by Gasteiger charge is 2.35. The quantitative estimate of drug-likeness (QED) is 0.770. The molecule has 0 heterocycles. The summed E-state index contributed by atoms with van der Waals surface area (Å²) in [5, 5.41) is 0.766. The van der Waals surface area contributed by atoms with Gasteiger partial charge in [-0.2, -0.15) is 0 Å². The molecule has 0 aliphatic heterocycles. The Kier molecular flexibility index (Phi) is 7.01. The van der Waals surface area contributed by atoms with Crippen molar-refractivity contribution in [2.24, 2.45) is 5.73 Å². The fourth-order valence-corrected chi connectivity index (χ4v) is 3.05. The second-order valence-corrected chi connectivity index (χ2v) is 5.98. The third-order valence-electron chi connectivity index (χ3n) is 4.43. The zero-order valence-electron chi connectivity index (χ0n) is 13.3. The standard InChI is InChI=1S/C17H29ClN2/c1-5-8-13-17(19,14(4)20(6-2)7-3)15-9-11-16(18)12-10-15/h9-12,14H,5-8,13,19H2,1-4H3. The van der Waals surface area contributed by atoms with Gasteiger partial charge < -0.3 is 5.73 Å². The van der Waals surface area contributed by atoms with E-state index in [0.29, 0.717) is 6.04 Å². The average molecular weight is 297 g/mol. The van der Waals surface area contributed by atoms with Gasteiger partial charge in [-0.15, -0.1) is 0 Å². The second kappa shape index (κ2) is 8.02. The highest BCUT2D eigenvalue weighted by atomic mass is 35.5. The molecule has 0 aromatic heterocycles. The lowest BCUT2D eigenvalue weighted by Gasteiger charge is -2.42. The van der Waals surface area contributed by atoms with Gasteiger partial charge in [0.05, 0.1) is 5.54 Å². The molecule has 0 spiro atoms. The molecule has 2 nitrogen and oxygen atoms in total. The Morgan fingerprint density at radius 1 is 1.15 bits per heavy atom. The summed E-state index contributed by atoms with van der Waals surface area (Å²) in [6.45, 7) is 10.9. The Hall–Kier alpha value is -0.570. The first-order valence-electron chi connectivity index (χ1n) is 7.78. The molecule has 1 aromatic carbocycles. The summed E-state index contributed by atoms with van der Waals surface area (Å²) in [6, 6.07) is 8.36. The van der Waals surface area contributed by atoms with Crippen molar-refractivity contribution in [3.63, 3.8) is 0 Å². The van der Waals surface area contributed by atoms with Crippen LogP contribution in [0.5, 0.6) is 0 Å². The zero-order chi connectivity index (χ0) is 15.2. The summed E-state index contributed by atoms with van der Waals surface area (Å²) in [7, 11) is 0. The molecule has 20 heavy (non-hydrogen) atoms. The summed E-state index contributed by atoms with van der Waals surface area (Å²) < 4.78 is 0. The van der Waals surface area contributed by atoms with Gasteiger partial charge in [0.25, 0.3) is 0 Å². The molecule has 1 aromatic rings. The molecule has 0 saturated carbocycles. The molecule has 114 valence electrons. The molecule has 3 heteroatoms. The number of rotatable bonds is 8. The minimum absolute atomic E-state index is 0.310. The van der Waals surface area contributed by atoms with Crippen LogP contribution >= 0.6 is 11.6 Å². The van der Waals surface area contributed by atoms with E-state index in [9.17, 15) is 0 Å². The molecule has 0 saturated heterocycles. The smallest absolute Gasteiger partial charge is 0.0564 e. The molecule has 1 rings (SSSR count). The van der Waals surface area contributed by atoms with Crippen molar-refractivity contribution in [2.75, 3.05) is 13.1 Å². The highest BCUT2D eigenvalue weighted by molar-refractivity contribution is 6.30. The van der Waals surface area contributed by atoms with E-state index in [4.69, 9.17) is 17.3 Å². The van der Waals surface area contributed by atoms with Crippen molar-refractivity contribution in [1.29, 1.82) is 0 Å². The van der Waals surface area contributed by atoms with Gasteiger partial charge in [-0.25, -0.2) is 0 Å². The minimum Gasteiger partial charge on any atom is -0.320 e. The Morgan fingerprint density at radius 3 is 2.15 bits per heavy atom. The van der Waals surface area contributed by atoms with Crippen LogP contribution in [0.4, 0.5) is 0 Å². The van der Waals surface area contributed by atoms with Gasteiger partial charge >= 0.3 is 0 Å². The number of nitrogens with two attached hydrogens (primary N) is 1. The number of benzene rings is 1. The number of hydrogen-bond donors (Lipinski definition) is 1. The summed E-state index contributed by atoms with van der Waals surface area (Å²) in [5.74, 6) is 0. The lowest BCUT2D eigenvalue weighted by atomic mass is 9.79. The van der Waals surface area contributed by atoms with Gasteiger partial charge in [-0.3, -0.25) is 4.90 Å². The van der Waals surface area contributed by atoms with E-state index in [2.05, 4.69) is 44.7 Å². The van der Waals surface area contributed by atoms with Crippen LogP contribution in [0.3, 0.4) is 0 Å². The van der Waals surface area contributed by atoms with Crippen LogP contribution in [0, 0.1) is 0 Å². The van der Waals surface area contributed by atoms with Crippen LogP contribution in [0.1, 0.15) is 52.5 Å². The molecule has 0 fully saturated rings. The van der Waals surface area contributed by atoms with Crippen LogP contribution in [0.25, 0.3) is 0 Å². The van der Waals surface area contributed by atoms with Crippen LogP contribution in [0.2, 0.25) is 5.02 Å². The van der Waals surface area contributed by atoms with E-state index in [1.54, 1.807) is 0 Å². The number of hydrogen-bond acceptors (Lipinski definition) is 2. The van der Waals surface area contributed by atoms with Gasteiger partial charge in [0.2, 0.25) is 0 Å². The maximum absolute atomic E-state index is 6.87. The molecule has 0 aliphatic carbocycles. The SMILES string of the molecule is CCCCC(N)(c1ccc(Cl)cc1)C(C)N(CC)CC. The number of likely N-dealkylation sites (N-methyl/N-ethyl adjacent to an activating group) is 1. The van der Waals surface area contributed by atoms with Gasteiger partial charge in [0.1, 0.15) is 0 Å². The van der Waals surface area contributed by atoms with Gasteiger partial charge in [0, 0.05) is 11.1 Å². The topological polar surface area (TPSA) is 29.3 Å². The van der Waals surface area contributed by atoms with Crippen LogP contribution in [0.15, 0.2) is 24.3 Å². The van der Waals surface area contributed by atoms with Crippen molar-refractivity contribution in [2.45, 2.75) is 58.5 Å². The van der Waals surface area contributed by atoms with Crippen molar-refractivity contribution in [3.05, 3.63) is 34.9 Å². The summed E-state index contributed by atoms with van der Waals surface area (Å²) >= 11 is 6.01. The third-order valence-corrected chi connectivity index (χ3v) is 4.68. The monoisotopic (exact) mass is 296 g/mol. The van der Waals surface area contributed by atoms with E-state index in [0.717, 1.165) is 37.4 Å². The zero-order valence-corrected chi connectivity index (χ0v) is 14.1. The molecule has 2 N–H and O–H groups in total. The van der Waals surface area contributed by atoms with Crippen molar-refractivity contribution in [1.82, 2.24) is 4.90 Å². The summed E-state index contributed by atoms with van der Waals surface area (Å²) in [4.78, 5) is 2.43.